The van der Waals surface area contributed by atoms with Crippen molar-refractivity contribution in [3.05, 3.63) is 10.4 Å². The maximum absolute atomic E-state index is 13.6. The van der Waals surface area contributed by atoms with Gasteiger partial charge in [-0.2, -0.15) is 0 Å². The van der Waals surface area contributed by atoms with Crippen LogP contribution in [-0.2, 0) is 47.9 Å². The van der Waals surface area contributed by atoms with Gasteiger partial charge in [-0.25, -0.2) is 0 Å². The monoisotopic (exact) mass is 863 g/mol. The van der Waals surface area contributed by atoms with E-state index >= 15 is 0 Å². The van der Waals surface area contributed by atoms with Gasteiger partial charge in [-0.05, 0) is 50.5 Å². The summed E-state index contributed by atoms with van der Waals surface area (Å²) in [5, 5.41) is 23.1. The third kappa shape index (κ3) is 22.1. The summed E-state index contributed by atoms with van der Waals surface area (Å²) in [5.41, 5.74) is 29.8. The van der Waals surface area contributed by atoms with E-state index in [1.165, 1.54) is 4.90 Å². The van der Waals surface area contributed by atoms with E-state index in [9.17, 15) is 53.1 Å². The number of azide groups is 1. The van der Waals surface area contributed by atoms with Gasteiger partial charge in [-0.3, -0.25) is 52.9 Å². The molecular formula is C37H61N13O11. The van der Waals surface area contributed by atoms with Crippen molar-refractivity contribution in [2.24, 2.45) is 44.9 Å². The number of carbonyl (C=O) groups excluding carboxylic acids is 10. The minimum Gasteiger partial charge on any atom is -0.394 e. The highest BCUT2D eigenvalue weighted by atomic mass is 16.3. The van der Waals surface area contributed by atoms with Crippen LogP contribution in [0.4, 0.5) is 0 Å². The van der Waals surface area contributed by atoms with Crippen molar-refractivity contribution in [2.45, 2.75) is 115 Å². The zero-order valence-electron chi connectivity index (χ0n) is 34.6. The summed E-state index contributed by atoms with van der Waals surface area (Å²) in [6.45, 7) is 0.750. The molecule has 24 nitrogen and oxygen atoms in total. The molecular weight excluding hydrogens is 802 g/mol. The van der Waals surface area contributed by atoms with E-state index in [1.54, 1.807) is 6.92 Å². The van der Waals surface area contributed by atoms with Gasteiger partial charge in [0.25, 0.3) is 0 Å². The van der Waals surface area contributed by atoms with Gasteiger partial charge < -0.3 is 54.2 Å². The van der Waals surface area contributed by atoms with Crippen molar-refractivity contribution in [1.82, 2.24) is 26.2 Å². The molecule has 1 fully saturated rings. The van der Waals surface area contributed by atoms with E-state index in [0.29, 0.717) is 38.6 Å². The first-order valence-corrected chi connectivity index (χ1v) is 20.1. The smallest absolute Gasteiger partial charge is 0.245 e. The molecule has 0 saturated carbocycles. The van der Waals surface area contributed by atoms with Crippen LogP contribution < -0.4 is 44.2 Å². The largest absolute Gasteiger partial charge is 0.394 e. The lowest BCUT2D eigenvalue weighted by Gasteiger charge is -2.29. The molecule has 1 aliphatic heterocycles. The van der Waals surface area contributed by atoms with Crippen LogP contribution in [0.15, 0.2) is 10.1 Å². The Morgan fingerprint density at radius 1 is 0.770 bits per heavy atom. The van der Waals surface area contributed by atoms with E-state index in [2.05, 4.69) is 36.3 Å². The van der Waals surface area contributed by atoms with Crippen molar-refractivity contribution < 1.29 is 53.1 Å². The highest BCUT2D eigenvalue weighted by molar-refractivity contribution is 5.96. The van der Waals surface area contributed by atoms with E-state index in [4.69, 9.17) is 28.5 Å². The lowest BCUT2D eigenvalue weighted by Crippen LogP contribution is -2.54. The Balaban J connectivity index is 2.70. The van der Waals surface area contributed by atoms with Gasteiger partial charge >= 0.3 is 0 Å². The topological polar surface area (TPSA) is 407 Å². The second-order valence-electron chi connectivity index (χ2n) is 14.7. The van der Waals surface area contributed by atoms with Crippen molar-refractivity contribution in [2.75, 3.05) is 39.3 Å². The molecule has 1 heterocycles. The van der Waals surface area contributed by atoms with Gasteiger partial charge in [0.15, 0.2) is 23.3 Å². The number of unbranched alkanes of at least 4 members (excludes halogenated alkanes) is 1. The van der Waals surface area contributed by atoms with Crippen LogP contribution in [0.3, 0.4) is 0 Å². The number of guanidine groups is 1. The number of hydrogen-bond acceptors (Lipinski definition) is 13. The van der Waals surface area contributed by atoms with Crippen LogP contribution in [0.1, 0.15) is 96.8 Å². The Morgan fingerprint density at radius 2 is 1.43 bits per heavy atom. The van der Waals surface area contributed by atoms with Gasteiger partial charge in [-0.15, -0.1) is 0 Å². The molecule has 1 saturated heterocycles. The number of aliphatic hydroxyl groups is 1. The Bertz CT molecular complexity index is 1650. The third-order valence-electron chi connectivity index (χ3n) is 9.75. The predicted octanol–water partition coefficient (Wildman–Crippen LogP) is -2.63. The lowest BCUT2D eigenvalue weighted by atomic mass is 9.92. The molecule has 13 N–H and O–H groups in total. The number of ketones is 3. The molecule has 0 spiro atoms. The van der Waals surface area contributed by atoms with Crippen LogP contribution in [0.5, 0.6) is 0 Å². The Hall–Kier alpha value is -6.16. The minimum absolute atomic E-state index is 0.0305. The summed E-state index contributed by atoms with van der Waals surface area (Å²) in [6, 6.07) is -3.59. The molecule has 0 aromatic carbocycles. The van der Waals surface area contributed by atoms with Gasteiger partial charge in [0.2, 0.25) is 41.4 Å². The SMILES string of the molecule is C[C@@H](CCCCN=[N+]=[N-])C(=O)NCC(=O)CCC(=O)NCC(=O)CCC(=O)N[C@@H](CO)C(=O)C[C@@H](CCC(N)=O)C(=O)N[C@@H](CCCN=C(N)N)C(=O)N1CCC[C@H]1C(N)=O. The van der Waals surface area contributed by atoms with E-state index in [0.717, 1.165) is 0 Å². The average molecular weight is 864 g/mol. The molecule has 24 heteroatoms. The van der Waals surface area contributed by atoms with E-state index in [1.807, 2.05) is 0 Å². The van der Waals surface area contributed by atoms with Crippen LogP contribution in [0.2, 0.25) is 0 Å². The molecule has 0 aliphatic carbocycles. The van der Waals surface area contributed by atoms with Gasteiger partial charge in [0.05, 0.1) is 19.7 Å². The molecule has 1 rings (SSSR count). The molecule has 7 amide bonds. The molecule has 340 valence electrons. The van der Waals surface area contributed by atoms with Crippen molar-refractivity contribution in [1.29, 1.82) is 0 Å². The minimum atomic E-state index is -1.51. The Labute approximate surface area is 353 Å². The van der Waals surface area contributed by atoms with Crippen LogP contribution in [-0.4, -0.2) is 132 Å². The number of amides is 7. The number of rotatable bonds is 32. The van der Waals surface area contributed by atoms with Crippen molar-refractivity contribution >= 4 is 64.7 Å². The molecule has 1 aliphatic rings. The average Bonchev–Trinajstić information content (AvgIpc) is 3.72. The first kappa shape index (κ1) is 52.9. The molecule has 0 aromatic rings. The number of nitrogens with one attached hydrogen (secondary N) is 4. The Kier molecular flexibility index (Phi) is 25.2. The molecule has 61 heavy (non-hydrogen) atoms. The number of primary amides is 2. The molecule has 0 radical (unpaired) electrons. The maximum Gasteiger partial charge on any atom is 0.245 e. The molecule has 0 unspecified atom stereocenters. The number of nitrogens with zero attached hydrogens (tertiary/aromatic N) is 5. The second kappa shape index (κ2) is 29.1. The fourth-order valence-electron chi connectivity index (χ4n) is 6.24. The summed E-state index contributed by atoms with van der Waals surface area (Å²) in [6.07, 6.45) is 0.567. The molecule has 5 atom stereocenters. The first-order chi connectivity index (χ1) is 28.9. The third-order valence-corrected chi connectivity index (χ3v) is 9.75. The summed E-state index contributed by atoms with van der Waals surface area (Å²) in [4.78, 5) is 133. The van der Waals surface area contributed by atoms with E-state index in [-0.39, 0.29) is 82.4 Å². The van der Waals surface area contributed by atoms with Crippen molar-refractivity contribution in [3.63, 3.8) is 0 Å². The van der Waals surface area contributed by atoms with Crippen LogP contribution in [0.25, 0.3) is 10.4 Å². The summed E-state index contributed by atoms with van der Waals surface area (Å²) < 4.78 is 0. The molecule has 0 bridgehead atoms. The standard InChI is InChI=1S/C37H61N13O11/c1-22(6-2-3-16-46-49-42)34(59)45-20-25(53)10-13-31(56)44-19-24(52)11-14-32(57)47-27(21-51)29(54)18-23(9-12-30(38)55)35(60)48-26(7-4-15-43-37(40)41)36(61)50-17-5-8-28(50)33(39)58/h22-23,26-28,51H,2-21H2,1H3,(H2,38,55)(H2,39,58)(H,44,56)(H,45,59)(H,47,57)(H,48,60)(H4,40,41,43)/t22-,23+,26-,27-,28-/m0/s1. The number of Topliss-reactive ketones (excluding diaryl/α,β-unsaturated/α-hetero) is 3. The van der Waals surface area contributed by atoms with Crippen LogP contribution >= 0.6 is 0 Å². The fourth-order valence-corrected chi connectivity index (χ4v) is 6.24. The lowest BCUT2D eigenvalue weighted by molar-refractivity contribution is -0.141. The Morgan fingerprint density at radius 3 is 2.03 bits per heavy atom. The number of carbonyl (C=O) groups is 10. The molecule has 0 aromatic heterocycles. The fraction of sp³-hybridized carbons (Fsp3) is 0.703. The van der Waals surface area contributed by atoms with Gasteiger partial charge in [0, 0.05) is 74.9 Å². The summed E-state index contributed by atoms with van der Waals surface area (Å²) in [7, 11) is 0. The number of nitrogens with two attached hydrogens (primary N) is 4. The quantitative estimate of drug-likeness (QED) is 0.00836. The zero-order valence-corrected chi connectivity index (χ0v) is 34.6. The van der Waals surface area contributed by atoms with E-state index < -0.39 is 103 Å². The summed E-state index contributed by atoms with van der Waals surface area (Å²) in [5.74, 6) is -8.19. The van der Waals surface area contributed by atoms with Gasteiger partial charge in [0.1, 0.15) is 18.1 Å². The van der Waals surface area contributed by atoms with Gasteiger partial charge in [-0.1, -0.05) is 18.5 Å². The predicted molar refractivity (Wildman–Crippen MR) is 218 cm³/mol. The maximum atomic E-state index is 13.6. The number of hydrogen-bond donors (Lipinski definition) is 9. The zero-order chi connectivity index (χ0) is 45.9. The van der Waals surface area contributed by atoms with Crippen LogP contribution in [0, 0.1) is 11.8 Å². The highest BCUT2D eigenvalue weighted by Gasteiger charge is 2.38. The highest BCUT2D eigenvalue weighted by Crippen LogP contribution is 2.21. The summed E-state index contributed by atoms with van der Waals surface area (Å²) >= 11 is 0. The number of aliphatic hydroxyl groups excluding tert-OH is 1. The normalized spacial score (nSPS) is 15.1. The first-order valence-electron chi connectivity index (χ1n) is 20.1. The number of likely N-dealkylation sites (tertiary alicyclic amines) is 1. The van der Waals surface area contributed by atoms with Crippen molar-refractivity contribution in [3.8, 4) is 0 Å². The second-order valence-corrected chi connectivity index (χ2v) is 14.7. The number of aliphatic imine (C=N–C) groups is 1.